The lowest BCUT2D eigenvalue weighted by atomic mass is 10.4. The Balaban J connectivity index is 2.80. The second-order valence-corrected chi connectivity index (χ2v) is 2.39. The maximum Gasteiger partial charge on any atom is 0.316 e. The van der Waals surface area contributed by atoms with Crippen molar-refractivity contribution in [1.29, 1.82) is 0 Å². The summed E-state index contributed by atoms with van der Waals surface area (Å²) in [4.78, 5) is 15.4. The molecule has 13 heavy (non-hydrogen) atoms. The van der Waals surface area contributed by atoms with Crippen LogP contribution in [0.25, 0.3) is 0 Å². The van der Waals surface area contributed by atoms with Gasteiger partial charge in [0.25, 0.3) is 5.91 Å². The standard InChI is InChI=1S/C8H8F2N2O/c1-12(8(13)7(9)10)6-4-2-3-5-11-6/h2-5,7H,1H3. The van der Waals surface area contributed by atoms with Gasteiger partial charge in [-0.3, -0.25) is 9.69 Å². The average molecular weight is 186 g/mol. The molecule has 1 heterocycles. The van der Waals surface area contributed by atoms with Crippen LogP contribution in [0.4, 0.5) is 14.6 Å². The Hall–Kier alpha value is -1.52. The summed E-state index contributed by atoms with van der Waals surface area (Å²) in [6, 6.07) is 4.75. The second kappa shape index (κ2) is 3.93. The van der Waals surface area contributed by atoms with Crippen LogP contribution in [0.15, 0.2) is 24.4 Å². The van der Waals surface area contributed by atoms with Crippen molar-refractivity contribution in [2.45, 2.75) is 6.43 Å². The van der Waals surface area contributed by atoms with Crippen LogP contribution in [0.5, 0.6) is 0 Å². The van der Waals surface area contributed by atoms with E-state index < -0.39 is 12.3 Å². The first-order valence-electron chi connectivity index (χ1n) is 3.59. The molecule has 70 valence electrons. The number of nitrogens with zero attached hydrogens (tertiary/aromatic N) is 2. The summed E-state index contributed by atoms with van der Waals surface area (Å²) in [5.41, 5.74) is 0. The van der Waals surface area contributed by atoms with E-state index in [2.05, 4.69) is 4.98 Å². The van der Waals surface area contributed by atoms with Crippen LogP contribution in [-0.2, 0) is 4.79 Å². The van der Waals surface area contributed by atoms with Crippen molar-refractivity contribution in [3.05, 3.63) is 24.4 Å². The fourth-order valence-electron chi connectivity index (χ4n) is 0.811. The van der Waals surface area contributed by atoms with E-state index in [-0.39, 0.29) is 5.82 Å². The molecule has 1 rings (SSSR count). The highest BCUT2D eigenvalue weighted by atomic mass is 19.3. The number of halogens is 2. The highest BCUT2D eigenvalue weighted by molar-refractivity contribution is 5.94. The fraction of sp³-hybridized carbons (Fsp3) is 0.250. The average Bonchev–Trinajstić information content (AvgIpc) is 2.17. The number of alkyl halides is 2. The van der Waals surface area contributed by atoms with Gasteiger partial charge in [0, 0.05) is 13.2 Å². The summed E-state index contributed by atoms with van der Waals surface area (Å²) in [6.45, 7) is 0. The first-order valence-corrected chi connectivity index (χ1v) is 3.59. The van der Waals surface area contributed by atoms with Crippen molar-refractivity contribution in [1.82, 2.24) is 4.98 Å². The number of amides is 1. The van der Waals surface area contributed by atoms with Crippen LogP contribution in [0, 0.1) is 0 Å². The molecule has 1 amide bonds. The zero-order chi connectivity index (χ0) is 9.84. The van der Waals surface area contributed by atoms with Gasteiger partial charge < -0.3 is 0 Å². The van der Waals surface area contributed by atoms with Crippen molar-refractivity contribution in [2.75, 3.05) is 11.9 Å². The van der Waals surface area contributed by atoms with Gasteiger partial charge in [-0.05, 0) is 12.1 Å². The molecule has 0 N–H and O–H groups in total. The molecule has 1 aromatic heterocycles. The summed E-state index contributed by atoms with van der Waals surface area (Å²) in [7, 11) is 1.26. The number of hydrogen-bond acceptors (Lipinski definition) is 2. The molecule has 0 fully saturated rings. The number of rotatable bonds is 2. The molecule has 0 aromatic carbocycles. The van der Waals surface area contributed by atoms with Gasteiger partial charge in [0.05, 0.1) is 0 Å². The zero-order valence-electron chi connectivity index (χ0n) is 6.95. The lowest BCUT2D eigenvalue weighted by molar-refractivity contribution is -0.128. The molecule has 0 aliphatic heterocycles. The third kappa shape index (κ3) is 2.21. The number of aromatic nitrogens is 1. The summed E-state index contributed by atoms with van der Waals surface area (Å²) in [5.74, 6) is -1.04. The smallest absolute Gasteiger partial charge is 0.295 e. The number of pyridine rings is 1. The third-order valence-corrected chi connectivity index (χ3v) is 1.51. The molecule has 3 nitrogen and oxygen atoms in total. The van der Waals surface area contributed by atoms with E-state index >= 15 is 0 Å². The number of anilines is 1. The molecule has 0 saturated carbocycles. The molecular formula is C8H8F2N2O. The largest absolute Gasteiger partial charge is 0.316 e. The first kappa shape index (κ1) is 9.57. The van der Waals surface area contributed by atoms with Gasteiger partial charge in [0.1, 0.15) is 5.82 Å². The van der Waals surface area contributed by atoms with Gasteiger partial charge in [-0.25, -0.2) is 4.98 Å². The van der Waals surface area contributed by atoms with Crippen molar-refractivity contribution < 1.29 is 13.6 Å². The summed E-state index contributed by atoms with van der Waals surface area (Å²) in [5, 5.41) is 0. The van der Waals surface area contributed by atoms with Crippen molar-refractivity contribution in [2.24, 2.45) is 0 Å². The molecule has 0 aliphatic rings. The van der Waals surface area contributed by atoms with E-state index in [1.165, 1.54) is 19.3 Å². The monoisotopic (exact) mass is 186 g/mol. The predicted octanol–water partition coefficient (Wildman–Crippen LogP) is 1.31. The molecule has 0 bridgehead atoms. The normalized spacial score (nSPS) is 10.2. The minimum absolute atomic E-state index is 0.216. The van der Waals surface area contributed by atoms with E-state index in [4.69, 9.17) is 0 Å². The predicted molar refractivity (Wildman–Crippen MR) is 43.7 cm³/mol. The van der Waals surface area contributed by atoms with Crippen LogP contribution < -0.4 is 4.90 Å². The van der Waals surface area contributed by atoms with Gasteiger partial charge in [0.2, 0.25) is 0 Å². The van der Waals surface area contributed by atoms with Crippen LogP contribution in [0.1, 0.15) is 0 Å². The van der Waals surface area contributed by atoms with E-state index in [9.17, 15) is 13.6 Å². The Morgan fingerprint density at radius 3 is 2.69 bits per heavy atom. The van der Waals surface area contributed by atoms with Gasteiger partial charge >= 0.3 is 6.43 Å². The van der Waals surface area contributed by atoms with Crippen LogP contribution in [-0.4, -0.2) is 24.4 Å². The molecular weight excluding hydrogens is 178 g/mol. The van der Waals surface area contributed by atoms with Gasteiger partial charge in [-0.15, -0.1) is 0 Å². The lowest BCUT2D eigenvalue weighted by Gasteiger charge is -2.14. The Morgan fingerprint density at radius 1 is 1.54 bits per heavy atom. The Morgan fingerprint density at radius 2 is 2.23 bits per heavy atom. The van der Waals surface area contributed by atoms with Gasteiger partial charge in [-0.1, -0.05) is 6.07 Å². The van der Waals surface area contributed by atoms with Crippen molar-refractivity contribution >= 4 is 11.7 Å². The Labute approximate surface area is 74.0 Å². The third-order valence-electron chi connectivity index (χ3n) is 1.51. The molecule has 1 aromatic rings. The molecule has 0 spiro atoms. The van der Waals surface area contributed by atoms with E-state index in [0.717, 1.165) is 4.90 Å². The quantitative estimate of drug-likeness (QED) is 0.697. The highest BCUT2D eigenvalue weighted by Gasteiger charge is 2.21. The van der Waals surface area contributed by atoms with Crippen LogP contribution >= 0.6 is 0 Å². The molecule has 0 saturated heterocycles. The number of hydrogen-bond donors (Lipinski definition) is 0. The second-order valence-electron chi connectivity index (χ2n) is 2.39. The molecule has 0 aliphatic carbocycles. The summed E-state index contributed by atoms with van der Waals surface area (Å²) < 4.78 is 23.9. The SMILES string of the molecule is CN(C(=O)C(F)F)c1ccccn1. The Kier molecular flexibility index (Phi) is 2.89. The Bertz CT molecular complexity index is 289. The van der Waals surface area contributed by atoms with Crippen LogP contribution in [0.2, 0.25) is 0 Å². The molecule has 0 radical (unpaired) electrons. The number of carbonyl (C=O) groups is 1. The highest BCUT2D eigenvalue weighted by Crippen LogP contribution is 2.09. The fourth-order valence-corrected chi connectivity index (χ4v) is 0.811. The topological polar surface area (TPSA) is 33.2 Å². The van der Waals surface area contributed by atoms with Crippen molar-refractivity contribution in [3.8, 4) is 0 Å². The summed E-state index contributed by atoms with van der Waals surface area (Å²) in [6.07, 6.45) is -1.56. The molecule has 5 heteroatoms. The van der Waals surface area contributed by atoms with Gasteiger partial charge in [0.15, 0.2) is 0 Å². The van der Waals surface area contributed by atoms with Crippen LogP contribution in [0.3, 0.4) is 0 Å². The molecule has 0 atom stereocenters. The number of carbonyl (C=O) groups excluding carboxylic acids is 1. The summed E-state index contributed by atoms with van der Waals surface area (Å²) >= 11 is 0. The minimum Gasteiger partial charge on any atom is -0.295 e. The lowest BCUT2D eigenvalue weighted by Crippen LogP contribution is -2.32. The zero-order valence-corrected chi connectivity index (χ0v) is 6.95. The van der Waals surface area contributed by atoms with E-state index in [1.54, 1.807) is 12.1 Å². The minimum atomic E-state index is -2.99. The van der Waals surface area contributed by atoms with Gasteiger partial charge in [-0.2, -0.15) is 8.78 Å². The van der Waals surface area contributed by atoms with E-state index in [0.29, 0.717) is 0 Å². The first-order chi connectivity index (χ1) is 6.13. The molecule has 0 unspecified atom stereocenters. The maximum absolute atomic E-state index is 11.9. The maximum atomic E-state index is 11.9. The van der Waals surface area contributed by atoms with E-state index in [1.807, 2.05) is 0 Å². The van der Waals surface area contributed by atoms with Crippen molar-refractivity contribution in [3.63, 3.8) is 0 Å².